The predicted molar refractivity (Wildman–Crippen MR) is 48.4 cm³/mol. The second kappa shape index (κ2) is 4.52. The van der Waals surface area contributed by atoms with Crippen LogP contribution in [0.3, 0.4) is 0 Å². The molecule has 0 bridgehead atoms. The van der Waals surface area contributed by atoms with Crippen LogP contribution in [-0.2, 0) is 6.18 Å². The fourth-order valence-electron chi connectivity index (χ4n) is 0.999. The maximum atomic E-state index is 12.4. The van der Waals surface area contributed by atoms with E-state index in [0.717, 1.165) is 7.11 Å². The van der Waals surface area contributed by atoms with Crippen LogP contribution in [0.1, 0.15) is 17.7 Å². The molecule has 0 aromatic carbocycles. The number of pyridine rings is 1. The van der Waals surface area contributed by atoms with E-state index in [4.69, 9.17) is 0 Å². The molecule has 1 heterocycles. The number of alkyl halides is 5. The molecule has 1 rings (SSSR count). The Morgan fingerprint density at radius 2 is 1.94 bits per heavy atom. The first kappa shape index (κ1) is 13.1. The molecule has 0 atom stereocenters. The number of rotatable bonds is 2. The molecule has 0 amide bonds. The molecule has 2 nitrogen and oxygen atoms in total. The summed E-state index contributed by atoms with van der Waals surface area (Å²) in [6.45, 7) is 0. The Morgan fingerprint density at radius 3 is 2.31 bits per heavy atom. The molecule has 0 spiro atoms. The Balaban J connectivity index is 3.38. The highest BCUT2D eigenvalue weighted by Gasteiger charge is 2.37. The highest BCUT2D eigenvalue weighted by atomic mass is 79.9. The lowest BCUT2D eigenvalue weighted by Gasteiger charge is -2.13. The molecule has 0 aliphatic rings. The lowest BCUT2D eigenvalue weighted by molar-refractivity contribution is -0.142. The Bertz CT molecular complexity index is 393. The van der Waals surface area contributed by atoms with Gasteiger partial charge < -0.3 is 4.74 Å². The molecule has 0 fully saturated rings. The van der Waals surface area contributed by atoms with Crippen molar-refractivity contribution in [1.29, 1.82) is 0 Å². The van der Waals surface area contributed by atoms with Crippen molar-refractivity contribution in [3.05, 3.63) is 21.9 Å². The molecule has 8 heteroatoms. The molecule has 16 heavy (non-hydrogen) atoms. The molecule has 0 saturated carbocycles. The van der Waals surface area contributed by atoms with E-state index >= 15 is 0 Å². The van der Waals surface area contributed by atoms with Crippen LogP contribution in [0.15, 0.2) is 10.7 Å². The van der Waals surface area contributed by atoms with Gasteiger partial charge in [-0.05, 0) is 22.0 Å². The van der Waals surface area contributed by atoms with Gasteiger partial charge in [-0.2, -0.15) is 13.2 Å². The predicted octanol–water partition coefficient (Wildman–Crippen LogP) is 3.81. The molecule has 90 valence electrons. The summed E-state index contributed by atoms with van der Waals surface area (Å²) in [7, 11) is 0.954. The highest BCUT2D eigenvalue weighted by Crippen LogP contribution is 2.38. The first-order valence-electron chi connectivity index (χ1n) is 3.87. The van der Waals surface area contributed by atoms with Gasteiger partial charge in [-0.1, -0.05) is 0 Å². The zero-order chi connectivity index (χ0) is 12.5. The maximum Gasteiger partial charge on any atom is 0.437 e. The van der Waals surface area contributed by atoms with Gasteiger partial charge in [0.25, 0.3) is 6.43 Å². The molecule has 1 aromatic heterocycles. The number of ether oxygens (including phenoxy) is 1. The molecule has 0 unspecified atom stereocenters. The Labute approximate surface area is 95.6 Å². The smallest absolute Gasteiger partial charge is 0.437 e. The molecular weight excluding hydrogens is 301 g/mol. The van der Waals surface area contributed by atoms with Gasteiger partial charge in [0.1, 0.15) is 10.4 Å². The summed E-state index contributed by atoms with van der Waals surface area (Å²) in [4.78, 5) is 3.02. The van der Waals surface area contributed by atoms with Gasteiger partial charge in [0.05, 0.1) is 12.7 Å². The SMILES string of the molecule is COc1cc(C(F)F)c(Br)nc1C(F)(F)F. The second-order valence-corrected chi connectivity index (χ2v) is 3.47. The zero-order valence-electron chi connectivity index (χ0n) is 7.78. The zero-order valence-corrected chi connectivity index (χ0v) is 9.36. The quantitative estimate of drug-likeness (QED) is 0.612. The normalized spacial score (nSPS) is 12.0. The van der Waals surface area contributed by atoms with Gasteiger partial charge in [-0.25, -0.2) is 13.8 Å². The van der Waals surface area contributed by atoms with Crippen molar-refractivity contribution < 1.29 is 26.7 Å². The summed E-state index contributed by atoms with van der Waals surface area (Å²) >= 11 is 2.56. The van der Waals surface area contributed by atoms with Crippen molar-refractivity contribution in [3.8, 4) is 5.75 Å². The summed E-state index contributed by atoms with van der Waals surface area (Å²) < 4.78 is 65.8. The van der Waals surface area contributed by atoms with Crippen LogP contribution in [0.25, 0.3) is 0 Å². The van der Waals surface area contributed by atoms with E-state index in [1.807, 2.05) is 0 Å². The van der Waals surface area contributed by atoms with Crippen LogP contribution in [0.4, 0.5) is 22.0 Å². The Morgan fingerprint density at radius 1 is 1.38 bits per heavy atom. The van der Waals surface area contributed by atoms with Crippen molar-refractivity contribution in [2.45, 2.75) is 12.6 Å². The van der Waals surface area contributed by atoms with Crippen LogP contribution in [0.2, 0.25) is 0 Å². The maximum absolute atomic E-state index is 12.4. The fraction of sp³-hybridized carbons (Fsp3) is 0.375. The van der Waals surface area contributed by atoms with Crippen LogP contribution < -0.4 is 4.74 Å². The van der Waals surface area contributed by atoms with E-state index in [0.29, 0.717) is 6.07 Å². The molecular formula is C8H5BrF5NO. The third-order valence-electron chi connectivity index (χ3n) is 1.69. The van der Waals surface area contributed by atoms with Gasteiger partial charge in [-0.3, -0.25) is 0 Å². The molecule has 0 aliphatic carbocycles. The first-order chi connectivity index (χ1) is 7.27. The summed E-state index contributed by atoms with van der Waals surface area (Å²) in [5, 5.41) is 0. The molecule has 1 aromatic rings. The minimum Gasteiger partial charge on any atom is -0.494 e. The highest BCUT2D eigenvalue weighted by molar-refractivity contribution is 9.10. The van der Waals surface area contributed by atoms with Gasteiger partial charge >= 0.3 is 6.18 Å². The number of methoxy groups -OCH3 is 1. The largest absolute Gasteiger partial charge is 0.494 e. The van der Waals surface area contributed by atoms with E-state index < -0.39 is 34.2 Å². The summed E-state index contributed by atoms with van der Waals surface area (Å²) in [5.74, 6) is -0.731. The van der Waals surface area contributed by atoms with Crippen LogP contribution >= 0.6 is 15.9 Å². The average molecular weight is 306 g/mol. The van der Waals surface area contributed by atoms with Crippen molar-refractivity contribution in [1.82, 2.24) is 4.98 Å². The van der Waals surface area contributed by atoms with Crippen molar-refractivity contribution in [2.24, 2.45) is 0 Å². The number of nitrogens with zero attached hydrogens (tertiary/aromatic N) is 1. The lowest BCUT2D eigenvalue weighted by Crippen LogP contribution is -2.11. The number of halogens is 6. The Hall–Kier alpha value is -0.920. The van der Waals surface area contributed by atoms with Crippen LogP contribution in [0, 0.1) is 0 Å². The third kappa shape index (κ3) is 2.60. The number of hydrogen-bond acceptors (Lipinski definition) is 2. The average Bonchev–Trinajstić information content (AvgIpc) is 2.15. The molecule has 0 saturated heterocycles. The topological polar surface area (TPSA) is 22.1 Å². The summed E-state index contributed by atoms with van der Waals surface area (Å²) in [5.41, 5.74) is -1.99. The molecule has 0 N–H and O–H groups in total. The number of aromatic nitrogens is 1. The van der Waals surface area contributed by atoms with Crippen LogP contribution in [-0.4, -0.2) is 12.1 Å². The van der Waals surface area contributed by atoms with Gasteiger partial charge in [0.15, 0.2) is 5.69 Å². The molecule has 0 radical (unpaired) electrons. The monoisotopic (exact) mass is 305 g/mol. The minimum atomic E-state index is -4.76. The van der Waals surface area contributed by atoms with Crippen molar-refractivity contribution >= 4 is 15.9 Å². The van der Waals surface area contributed by atoms with E-state index in [9.17, 15) is 22.0 Å². The van der Waals surface area contributed by atoms with Crippen molar-refractivity contribution in [3.63, 3.8) is 0 Å². The van der Waals surface area contributed by atoms with E-state index in [1.54, 1.807) is 0 Å². The van der Waals surface area contributed by atoms with Crippen LogP contribution in [0.5, 0.6) is 5.75 Å². The summed E-state index contributed by atoms with van der Waals surface area (Å²) in [6, 6.07) is 0.616. The van der Waals surface area contributed by atoms with E-state index in [2.05, 4.69) is 25.7 Å². The summed E-state index contributed by atoms with van der Waals surface area (Å²) in [6.07, 6.45) is -7.69. The third-order valence-corrected chi connectivity index (χ3v) is 2.33. The minimum absolute atomic E-state index is 0.546. The number of hydrogen-bond donors (Lipinski definition) is 0. The van der Waals surface area contributed by atoms with E-state index in [1.165, 1.54) is 0 Å². The Kier molecular flexibility index (Phi) is 3.72. The lowest BCUT2D eigenvalue weighted by atomic mass is 10.2. The van der Waals surface area contributed by atoms with Gasteiger partial charge in [-0.15, -0.1) is 0 Å². The standard InChI is InChI=1S/C8H5BrF5NO/c1-16-4-2-3(7(10)11)6(9)15-5(4)8(12,13)14/h2,7H,1H3. The van der Waals surface area contributed by atoms with Gasteiger partial charge in [0.2, 0.25) is 0 Å². The van der Waals surface area contributed by atoms with E-state index in [-0.39, 0.29) is 0 Å². The first-order valence-corrected chi connectivity index (χ1v) is 4.66. The fourth-order valence-corrected chi connectivity index (χ4v) is 1.46. The van der Waals surface area contributed by atoms with Crippen molar-refractivity contribution in [2.75, 3.05) is 7.11 Å². The molecule has 0 aliphatic heterocycles. The second-order valence-electron chi connectivity index (χ2n) is 2.72. The van der Waals surface area contributed by atoms with Gasteiger partial charge in [0, 0.05) is 0 Å².